The van der Waals surface area contributed by atoms with E-state index in [9.17, 15) is 26.4 Å². The molecule has 0 rings (SSSR count). The topological polar surface area (TPSA) is 51.2 Å². The van der Waals surface area contributed by atoms with Gasteiger partial charge in [0.05, 0.1) is 0 Å². The summed E-state index contributed by atoms with van der Waals surface area (Å²) in [4.78, 5) is 11.5. The summed E-state index contributed by atoms with van der Waals surface area (Å²) < 4.78 is 58.6. The molecule has 0 aromatic heterocycles. The van der Waals surface area contributed by atoms with Crippen LogP contribution in [-0.4, -0.2) is 36.4 Å². The number of carbonyl (C=O) groups is 1. The molecule has 0 saturated heterocycles. The van der Waals surface area contributed by atoms with Crippen molar-refractivity contribution in [2.24, 2.45) is 0 Å². The number of sulfone groups is 1. The molecule has 0 fully saturated rings. The van der Waals surface area contributed by atoms with Gasteiger partial charge in [0.25, 0.3) is 9.84 Å². The van der Waals surface area contributed by atoms with Gasteiger partial charge in [-0.2, -0.15) is 23.7 Å². The average Bonchev–Trinajstić information content (AvgIpc) is 2.11. The van der Waals surface area contributed by atoms with Gasteiger partial charge in [0.1, 0.15) is 4.20 Å². The van der Waals surface area contributed by atoms with Crippen molar-refractivity contribution < 1.29 is 26.4 Å². The van der Waals surface area contributed by atoms with Crippen molar-refractivity contribution in [2.45, 2.75) is 31.7 Å². The van der Waals surface area contributed by atoms with Crippen molar-refractivity contribution in [1.29, 1.82) is 0 Å². The van der Waals surface area contributed by atoms with Gasteiger partial charge in [-0.05, 0) is 18.9 Å². The summed E-state index contributed by atoms with van der Waals surface area (Å²) in [7, 11) is -6.73. The Balaban J connectivity index is 5.47. The van der Waals surface area contributed by atoms with Crippen LogP contribution in [0.1, 0.15) is 26.2 Å². The van der Waals surface area contributed by atoms with Crippen molar-refractivity contribution in [3.8, 4) is 0 Å². The Morgan fingerprint density at radius 1 is 1.24 bits per heavy atom. The molecule has 0 amide bonds. The molecule has 0 aliphatic carbocycles. The molecule has 0 spiro atoms. The van der Waals surface area contributed by atoms with E-state index in [0.29, 0.717) is 12.8 Å². The summed E-state index contributed by atoms with van der Waals surface area (Å²) in [5, 5.41) is 0. The monoisotopic (exact) mass is 292 g/mol. The average molecular weight is 292 g/mol. The second kappa shape index (κ2) is 5.99. The van der Waals surface area contributed by atoms with Crippen molar-refractivity contribution in [3.05, 3.63) is 0 Å². The van der Waals surface area contributed by atoms with Crippen LogP contribution >= 0.6 is 10.5 Å². The van der Waals surface area contributed by atoms with E-state index < -0.39 is 35.8 Å². The van der Waals surface area contributed by atoms with Crippen LogP contribution in [0.5, 0.6) is 0 Å². The Morgan fingerprint density at radius 2 is 1.71 bits per heavy atom. The molecule has 0 N–H and O–H groups in total. The van der Waals surface area contributed by atoms with Crippen molar-refractivity contribution in [1.82, 2.24) is 0 Å². The third kappa shape index (κ3) is 4.09. The lowest BCUT2D eigenvalue weighted by Gasteiger charge is -2.12. The lowest BCUT2D eigenvalue weighted by Crippen LogP contribution is -2.35. The first-order chi connectivity index (χ1) is 7.55. The van der Waals surface area contributed by atoms with Crippen molar-refractivity contribution >= 4 is 30.3 Å². The van der Waals surface area contributed by atoms with Gasteiger partial charge in [-0.3, -0.25) is 4.79 Å². The Labute approximate surface area is 101 Å². The quantitative estimate of drug-likeness (QED) is 0.747. The molecule has 0 atom stereocenters. The fraction of sp³-hybridized carbons (Fsp3) is 0.778. The molecule has 0 heterocycles. The Morgan fingerprint density at radius 3 is 2.00 bits per heavy atom. The maximum atomic E-state index is 12.4. The van der Waals surface area contributed by atoms with Crippen molar-refractivity contribution in [2.75, 3.05) is 12.5 Å². The molecule has 0 aromatic carbocycles. The highest BCUT2D eigenvalue weighted by Crippen LogP contribution is 2.29. The first kappa shape index (κ1) is 16.6. The molecule has 0 radical (unpaired) electrons. The Bertz CT molecular complexity index is 417. The summed E-state index contributed by atoms with van der Waals surface area (Å²) in [6, 6.07) is 0. The zero-order valence-corrected chi connectivity index (χ0v) is 11.4. The van der Waals surface area contributed by atoms with E-state index in [-0.39, 0.29) is 6.42 Å². The Kier molecular flexibility index (Phi) is 5.86. The summed E-state index contributed by atoms with van der Waals surface area (Å²) >= 11 is 0. The molecule has 0 unspecified atom stereocenters. The normalized spacial score (nSPS) is 12.9. The Hall–Kier alpha value is -0.370. The van der Waals surface area contributed by atoms with Crippen LogP contribution in [-0.2, 0) is 14.6 Å². The molecule has 8 heteroatoms. The van der Waals surface area contributed by atoms with E-state index in [1.807, 2.05) is 0 Å². The van der Waals surface area contributed by atoms with Gasteiger partial charge in [-0.15, -0.1) is 0 Å². The summed E-state index contributed by atoms with van der Waals surface area (Å²) in [5.41, 5.74) is -5.40. The fourth-order valence-electron chi connectivity index (χ4n) is 1.14. The van der Waals surface area contributed by atoms with Crippen LogP contribution in [0.15, 0.2) is 0 Å². The number of rotatable bonds is 4. The number of hydrogen-bond acceptors (Lipinski definition) is 3. The minimum Gasteiger partial charge on any atom is -0.293 e. The van der Waals surface area contributed by atoms with Gasteiger partial charge in [0, 0.05) is 6.42 Å². The summed E-state index contributed by atoms with van der Waals surface area (Å²) in [6.07, 6.45) is 3.43. The first-order valence-corrected chi connectivity index (χ1v) is 8.37. The standard InChI is InChI=1S/C9H15F3O3S2/c1-4-5-6-7(13)8(16(2)3)17(14,15)9(10,11)12/h4-6H2,1-3H3. The number of alkyl halides is 3. The van der Waals surface area contributed by atoms with Crippen LogP contribution in [0.2, 0.25) is 0 Å². The highest BCUT2D eigenvalue weighted by Gasteiger charge is 2.50. The second-order valence-electron chi connectivity index (χ2n) is 3.58. The highest BCUT2D eigenvalue weighted by atomic mass is 32.3. The van der Waals surface area contributed by atoms with E-state index in [2.05, 4.69) is 0 Å². The van der Waals surface area contributed by atoms with Gasteiger partial charge in [0.15, 0.2) is 5.78 Å². The molecular weight excluding hydrogens is 277 g/mol. The van der Waals surface area contributed by atoms with Gasteiger partial charge >= 0.3 is 5.51 Å². The minimum atomic E-state index is -5.49. The second-order valence-corrected chi connectivity index (χ2v) is 7.76. The summed E-state index contributed by atoms with van der Waals surface area (Å²) in [5.74, 6) is -0.919. The van der Waals surface area contributed by atoms with Crippen LogP contribution < -0.4 is 0 Å². The number of hydrogen-bond donors (Lipinski definition) is 0. The fourth-order valence-corrected chi connectivity index (χ4v) is 4.35. The lowest BCUT2D eigenvalue weighted by atomic mass is 10.2. The van der Waals surface area contributed by atoms with Crippen LogP contribution in [0, 0.1) is 0 Å². The molecule has 17 heavy (non-hydrogen) atoms. The lowest BCUT2D eigenvalue weighted by molar-refractivity contribution is -0.112. The van der Waals surface area contributed by atoms with Gasteiger partial charge in [-0.1, -0.05) is 13.3 Å². The number of unbranched alkanes of at least 4 members (excludes halogenated alkanes) is 1. The third-order valence-electron chi connectivity index (χ3n) is 1.90. The van der Waals surface area contributed by atoms with E-state index in [1.165, 1.54) is 12.5 Å². The summed E-state index contributed by atoms with van der Waals surface area (Å²) in [6.45, 7) is 1.77. The van der Waals surface area contributed by atoms with E-state index in [4.69, 9.17) is 0 Å². The molecule has 0 aliphatic rings. The number of halogens is 3. The van der Waals surface area contributed by atoms with Crippen LogP contribution in [0.25, 0.3) is 0 Å². The van der Waals surface area contributed by atoms with Crippen LogP contribution in [0.4, 0.5) is 13.2 Å². The molecule has 0 aliphatic heterocycles. The smallest absolute Gasteiger partial charge is 0.293 e. The predicted octanol–water partition coefficient (Wildman–Crippen LogP) is 2.34. The molecule has 0 saturated carbocycles. The molecule has 0 aromatic rings. The molecule has 0 bridgehead atoms. The number of ketones is 1. The van der Waals surface area contributed by atoms with Crippen LogP contribution in [0.3, 0.4) is 0 Å². The molecule has 3 nitrogen and oxygen atoms in total. The van der Waals surface area contributed by atoms with Gasteiger partial charge < -0.3 is 0 Å². The first-order valence-electron chi connectivity index (χ1n) is 4.84. The zero-order valence-electron chi connectivity index (χ0n) is 9.80. The van der Waals surface area contributed by atoms with E-state index in [0.717, 1.165) is 0 Å². The SMILES string of the molecule is CCCCC(=O)C(=S(C)C)S(=O)(=O)C(F)(F)F. The predicted molar refractivity (Wildman–Crippen MR) is 64.0 cm³/mol. The highest BCUT2D eigenvalue weighted by molar-refractivity contribution is 8.32. The third-order valence-corrected chi connectivity index (χ3v) is 5.86. The number of carbonyl (C=O) groups excluding carboxylic acids is 1. The van der Waals surface area contributed by atoms with E-state index in [1.54, 1.807) is 6.92 Å². The van der Waals surface area contributed by atoms with Gasteiger partial charge in [0.2, 0.25) is 0 Å². The van der Waals surface area contributed by atoms with Crippen molar-refractivity contribution in [3.63, 3.8) is 0 Å². The molecule has 102 valence electrons. The maximum absolute atomic E-state index is 12.4. The number of Topliss-reactive ketones (excluding diaryl/α,β-unsaturated/α-hetero) is 1. The molecular formula is C9H15F3O3S2. The maximum Gasteiger partial charge on any atom is 0.502 e. The zero-order chi connectivity index (χ0) is 13.9. The minimum absolute atomic E-state index is 0.160. The van der Waals surface area contributed by atoms with Gasteiger partial charge in [-0.25, -0.2) is 8.42 Å². The van der Waals surface area contributed by atoms with E-state index >= 15 is 0 Å². The largest absolute Gasteiger partial charge is 0.502 e.